The van der Waals surface area contributed by atoms with Gasteiger partial charge in [0.05, 0.1) is 6.61 Å². The first-order chi connectivity index (χ1) is 9.20. The SMILES string of the molecule is CCOc1cccc(CNc2cccc(F)c2C)c1. The average molecular weight is 259 g/mol. The van der Waals surface area contributed by atoms with Crippen molar-refractivity contribution in [1.29, 1.82) is 0 Å². The molecule has 100 valence electrons. The molecule has 0 fully saturated rings. The molecule has 0 heterocycles. The van der Waals surface area contributed by atoms with Crippen LogP contribution in [0.1, 0.15) is 18.1 Å². The van der Waals surface area contributed by atoms with E-state index in [9.17, 15) is 4.39 Å². The Morgan fingerprint density at radius 1 is 1.16 bits per heavy atom. The maximum absolute atomic E-state index is 13.4. The van der Waals surface area contributed by atoms with Gasteiger partial charge in [0.25, 0.3) is 0 Å². The van der Waals surface area contributed by atoms with Crippen LogP contribution < -0.4 is 10.1 Å². The summed E-state index contributed by atoms with van der Waals surface area (Å²) < 4.78 is 18.9. The lowest BCUT2D eigenvalue weighted by Gasteiger charge is -2.11. The summed E-state index contributed by atoms with van der Waals surface area (Å²) >= 11 is 0. The van der Waals surface area contributed by atoms with Crippen molar-refractivity contribution in [2.45, 2.75) is 20.4 Å². The number of anilines is 1. The fourth-order valence-electron chi connectivity index (χ4n) is 1.91. The third kappa shape index (κ3) is 3.47. The quantitative estimate of drug-likeness (QED) is 0.871. The van der Waals surface area contributed by atoms with Crippen LogP contribution in [0, 0.1) is 12.7 Å². The highest BCUT2D eigenvalue weighted by atomic mass is 19.1. The van der Waals surface area contributed by atoms with E-state index in [1.807, 2.05) is 37.3 Å². The summed E-state index contributed by atoms with van der Waals surface area (Å²) in [5, 5.41) is 3.24. The molecule has 0 atom stereocenters. The van der Waals surface area contributed by atoms with Gasteiger partial charge in [-0.25, -0.2) is 4.39 Å². The summed E-state index contributed by atoms with van der Waals surface area (Å²) in [4.78, 5) is 0. The zero-order chi connectivity index (χ0) is 13.7. The van der Waals surface area contributed by atoms with Gasteiger partial charge in [0.1, 0.15) is 11.6 Å². The molecule has 2 nitrogen and oxygen atoms in total. The van der Waals surface area contributed by atoms with Gasteiger partial charge in [0, 0.05) is 17.8 Å². The van der Waals surface area contributed by atoms with E-state index >= 15 is 0 Å². The van der Waals surface area contributed by atoms with E-state index in [-0.39, 0.29) is 5.82 Å². The van der Waals surface area contributed by atoms with E-state index in [0.29, 0.717) is 18.7 Å². The minimum Gasteiger partial charge on any atom is -0.494 e. The molecular weight excluding hydrogens is 241 g/mol. The highest BCUT2D eigenvalue weighted by Crippen LogP contribution is 2.19. The van der Waals surface area contributed by atoms with Crippen LogP contribution in [0.25, 0.3) is 0 Å². The van der Waals surface area contributed by atoms with Gasteiger partial charge in [-0.2, -0.15) is 0 Å². The summed E-state index contributed by atoms with van der Waals surface area (Å²) in [5.41, 5.74) is 2.57. The third-order valence-electron chi connectivity index (χ3n) is 2.96. The number of rotatable bonds is 5. The molecular formula is C16H18FNO. The number of hydrogen-bond donors (Lipinski definition) is 1. The van der Waals surface area contributed by atoms with Crippen LogP contribution in [-0.2, 0) is 6.54 Å². The van der Waals surface area contributed by atoms with E-state index < -0.39 is 0 Å². The van der Waals surface area contributed by atoms with Gasteiger partial charge in [-0.3, -0.25) is 0 Å². The molecule has 0 amide bonds. The molecule has 0 aliphatic rings. The number of nitrogens with one attached hydrogen (secondary N) is 1. The van der Waals surface area contributed by atoms with Crippen molar-refractivity contribution in [3.8, 4) is 5.75 Å². The predicted molar refractivity (Wildman–Crippen MR) is 76.1 cm³/mol. The van der Waals surface area contributed by atoms with Crippen LogP contribution in [0.5, 0.6) is 5.75 Å². The molecule has 0 saturated carbocycles. The van der Waals surface area contributed by atoms with E-state index in [1.54, 1.807) is 13.0 Å². The monoisotopic (exact) mass is 259 g/mol. The van der Waals surface area contributed by atoms with Crippen LogP contribution in [-0.4, -0.2) is 6.61 Å². The molecule has 0 saturated heterocycles. The molecule has 2 aromatic carbocycles. The van der Waals surface area contributed by atoms with Crippen LogP contribution in [0.4, 0.5) is 10.1 Å². The molecule has 0 radical (unpaired) electrons. The van der Waals surface area contributed by atoms with Crippen LogP contribution in [0.3, 0.4) is 0 Å². The van der Waals surface area contributed by atoms with Gasteiger partial charge in [-0.1, -0.05) is 18.2 Å². The largest absolute Gasteiger partial charge is 0.494 e. The first-order valence-electron chi connectivity index (χ1n) is 6.41. The van der Waals surface area contributed by atoms with Crippen molar-refractivity contribution < 1.29 is 9.13 Å². The molecule has 0 aliphatic carbocycles. The van der Waals surface area contributed by atoms with E-state index in [1.165, 1.54) is 6.07 Å². The maximum atomic E-state index is 13.4. The van der Waals surface area contributed by atoms with Crippen LogP contribution in [0.2, 0.25) is 0 Å². The lowest BCUT2D eigenvalue weighted by molar-refractivity contribution is 0.340. The van der Waals surface area contributed by atoms with Crippen LogP contribution >= 0.6 is 0 Å². The fourth-order valence-corrected chi connectivity index (χ4v) is 1.91. The highest BCUT2D eigenvalue weighted by Gasteiger charge is 2.03. The molecule has 0 aromatic heterocycles. The van der Waals surface area contributed by atoms with Gasteiger partial charge in [0.2, 0.25) is 0 Å². The molecule has 1 N–H and O–H groups in total. The Morgan fingerprint density at radius 2 is 1.95 bits per heavy atom. The molecule has 2 rings (SSSR count). The first-order valence-corrected chi connectivity index (χ1v) is 6.41. The van der Waals surface area contributed by atoms with Crippen LogP contribution in [0.15, 0.2) is 42.5 Å². The maximum Gasteiger partial charge on any atom is 0.128 e. The Kier molecular flexibility index (Phi) is 4.39. The molecule has 0 unspecified atom stereocenters. The lowest BCUT2D eigenvalue weighted by atomic mass is 10.1. The van der Waals surface area contributed by atoms with Gasteiger partial charge in [-0.15, -0.1) is 0 Å². The van der Waals surface area contributed by atoms with E-state index in [4.69, 9.17) is 4.74 Å². The van der Waals surface area contributed by atoms with Gasteiger partial charge >= 0.3 is 0 Å². The molecule has 0 spiro atoms. The third-order valence-corrected chi connectivity index (χ3v) is 2.96. The second-order valence-corrected chi connectivity index (χ2v) is 4.35. The van der Waals surface area contributed by atoms with Crippen molar-refractivity contribution in [3.63, 3.8) is 0 Å². The molecule has 0 bridgehead atoms. The minimum atomic E-state index is -0.187. The first kappa shape index (κ1) is 13.4. The summed E-state index contributed by atoms with van der Waals surface area (Å²) in [6.45, 7) is 5.03. The summed E-state index contributed by atoms with van der Waals surface area (Å²) in [6.07, 6.45) is 0. The summed E-state index contributed by atoms with van der Waals surface area (Å²) in [7, 11) is 0. The van der Waals surface area contributed by atoms with E-state index in [2.05, 4.69) is 5.32 Å². The van der Waals surface area contributed by atoms with Crippen molar-refractivity contribution in [2.24, 2.45) is 0 Å². The average Bonchev–Trinajstić information content (AvgIpc) is 2.41. The topological polar surface area (TPSA) is 21.3 Å². The summed E-state index contributed by atoms with van der Waals surface area (Å²) in [6, 6.07) is 13.0. The number of hydrogen-bond acceptors (Lipinski definition) is 2. The Balaban J connectivity index is 2.06. The second kappa shape index (κ2) is 6.23. The molecule has 3 heteroatoms. The molecule has 2 aromatic rings. The van der Waals surface area contributed by atoms with Gasteiger partial charge < -0.3 is 10.1 Å². The smallest absolute Gasteiger partial charge is 0.128 e. The molecule has 19 heavy (non-hydrogen) atoms. The Bertz CT molecular complexity index is 554. The normalized spacial score (nSPS) is 10.3. The summed E-state index contributed by atoms with van der Waals surface area (Å²) in [5.74, 6) is 0.672. The minimum absolute atomic E-state index is 0.187. The van der Waals surface area contributed by atoms with Gasteiger partial charge in [-0.05, 0) is 43.7 Å². The number of benzene rings is 2. The second-order valence-electron chi connectivity index (χ2n) is 4.35. The van der Waals surface area contributed by atoms with Crippen molar-refractivity contribution in [2.75, 3.05) is 11.9 Å². The Hall–Kier alpha value is -2.03. The zero-order valence-electron chi connectivity index (χ0n) is 11.2. The van der Waals surface area contributed by atoms with E-state index in [0.717, 1.165) is 17.0 Å². The number of halogens is 1. The zero-order valence-corrected chi connectivity index (χ0v) is 11.2. The number of ether oxygens (including phenoxy) is 1. The van der Waals surface area contributed by atoms with Crippen molar-refractivity contribution in [3.05, 3.63) is 59.4 Å². The van der Waals surface area contributed by atoms with Crippen molar-refractivity contribution >= 4 is 5.69 Å². The Morgan fingerprint density at radius 3 is 2.74 bits per heavy atom. The standard InChI is InChI=1S/C16H18FNO/c1-3-19-14-7-4-6-13(10-14)11-18-16-9-5-8-15(17)12(16)2/h4-10,18H,3,11H2,1-2H3. The molecule has 0 aliphatic heterocycles. The predicted octanol–water partition coefficient (Wildman–Crippen LogP) is 4.14. The Labute approximate surface area is 113 Å². The lowest BCUT2D eigenvalue weighted by Crippen LogP contribution is -2.02. The fraction of sp³-hybridized carbons (Fsp3) is 0.250. The van der Waals surface area contributed by atoms with Crippen molar-refractivity contribution in [1.82, 2.24) is 0 Å². The van der Waals surface area contributed by atoms with Gasteiger partial charge in [0.15, 0.2) is 0 Å². The highest BCUT2D eigenvalue weighted by molar-refractivity contribution is 5.51.